The van der Waals surface area contributed by atoms with Crippen molar-refractivity contribution in [2.45, 2.75) is 80.8 Å². The van der Waals surface area contributed by atoms with E-state index in [4.69, 9.17) is 5.41 Å². The van der Waals surface area contributed by atoms with Gasteiger partial charge in [-0.25, -0.2) is 70.3 Å². The predicted octanol–water partition coefficient (Wildman–Crippen LogP) is -0.790. The van der Waals surface area contributed by atoms with Crippen LogP contribution in [0.25, 0.3) is 0 Å². The average molecular weight is 749 g/mol. The molecule has 0 amide bonds. The van der Waals surface area contributed by atoms with Crippen LogP contribution < -0.4 is 51.1 Å². The molecule has 0 spiro atoms. The minimum absolute atomic E-state index is 0.0600. The van der Waals surface area contributed by atoms with Crippen molar-refractivity contribution in [3.8, 4) is 0 Å². The van der Waals surface area contributed by atoms with Gasteiger partial charge in [-0.15, -0.1) is 0 Å². The lowest BCUT2D eigenvalue weighted by Gasteiger charge is -2.14. The molecule has 0 saturated heterocycles. The van der Waals surface area contributed by atoms with Gasteiger partial charge < -0.3 is 0 Å². The number of aromatic nitrogens is 9. The Morgan fingerprint density at radius 2 is 0.648 bits per heavy atom. The van der Waals surface area contributed by atoms with Gasteiger partial charge in [-0.3, -0.25) is 14.5 Å². The van der Waals surface area contributed by atoms with Crippen molar-refractivity contribution in [3.63, 3.8) is 0 Å². The smallest absolute Gasteiger partial charge is 0.268 e. The van der Waals surface area contributed by atoms with Crippen LogP contribution in [-0.2, 0) is 60.4 Å². The van der Waals surface area contributed by atoms with E-state index < -0.39 is 45.5 Å². The van der Waals surface area contributed by atoms with Crippen molar-refractivity contribution in [2.24, 2.45) is 21.1 Å². The number of allylic oxidation sites excluding steroid dienone is 10. The van der Waals surface area contributed by atoms with E-state index in [0.29, 0.717) is 33.4 Å². The minimum atomic E-state index is -0.778. The summed E-state index contributed by atoms with van der Waals surface area (Å²) in [5.41, 5.74) is -2.87. The third-order valence-corrected chi connectivity index (χ3v) is 8.34. The number of hydrogen-bond donors (Lipinski definition) is 1. The van der Waals surface area contributed by atoms with Gasteiger partial charge in [0.15, 0.2) is 0 Å². The maximum atomic E-state index is 13.6. The summed E-state index contributed by atoms with van der Waals surface area (Å²) in [7, 11) is 3.93. The molecule has 0 unspecified atom stereocenters. The molecular formula is C36H48N10O8. The van der Waals surface area contributed by atoms with Gasteiger partial charge in [-0.2, -0.15) is 0 Å². The quantitative estimate of drug-likeness (QED) is 0.163. The third kappa shape index (κ3) is 9.17. The van der Waals surface area contributed by atoms with Crippen molar-refractivity contribution in [1.29, 1.82) is 5.41 Å². The van der Waals surface area contributed by atoms with E-state index >= 15 is 0 Å². The molecule has 0 aliphatic carbocycles. The lowest BCUT2D eigenvalue weighted by molar-refractivity contribution is 0.486. The zero-order valence-corrected chi connectivity index (χ0v) is 32.3. The minimum Gasteiger partial charge on any atom is -0.268 e. The van der Waals surface area contributed by atoms with Gasteiger partial charge in [0.25, 0.3) is 0 Å². The highest BCUT2D eigenvalue weighted by molar-refractivity contribution is 5.17. The summed E-state index contributed by atoms with van der Waals surface area (Å²) >= 11 is 0. The standard InChI is InChI=1S/C36H48N10O8/c1-22(2)16-42-34(52)43(17-23(3)4)36(54)46(35(42)53)21-27(8)13-12-24(5)18-41-28(37)38(9)30(48)45(33(41)51)20-26(7)15-14-25(6)19-44-31(49)39(10)29(47)40(11)32(44)50/h12-15,37H,1,3,16-21H2,2,4-11H3/b24-12+,25-14+,26-15+,27-13+,37-28?. The van der Waals surface area contributed by atoms with E-state index in [0.717, 1.165) is 41.1 Å². The Kier molecular flexibility index (Phi) is 13.2. The highest BCUT2D eigenvalue weighted by Crippen LogP contribution is 2.03. The highest BCUT2D eigenvalue weighted by atomic mass is 16.2. The van der Waals surface area contributed by atoms with E-state index in [9.17, 15) is 38.4 Å². The summed E-state index contributed by atoms with van der Waals surface area (Å²) in [6.45, 7) is 17.1. The Bertz CT molecular complexity index is 2630. The van der Waals surface area contributed by atoms with E-state index in [2.05, 4.69) is 13.2 Å². The fourth-order valence-corrected chi connectivity index (χ4v) is 5.42. The largest absolute Gasteiger partial charge is 0.336 e. The number of rotatable bonds is 14. The summed E-state index contributed by atoms with van der Waals surface area (Å²) in [5.74, 6) is 0. The molecule has 18 heteroatoms. The first-order valence-electron chi connectivity index (χ1n) is 16.8. The molecule has 1 N–H and O–H groups in total. The monoisotopic (exact) mass is 748 g/mol. The van der Waals surface area contributed by atoms with Crippen LogP contribution in [-0.4, -0.2) is 41.1 Å². The van der Waals surface area contributed by atoms with Crippen LogP contribution in [0.15, 0.2) is 109 Å². The molecule has 3 aromatic heterocycles. The normalized spacial score (nSPS) is 12.8. The second kappa shape index (κ2) is 17.0. The van der Waals surface area contributed by atoms with Crippen molar-refractivity contribution in [2.75, 3.05) is 0 Å². The Balaban J connectivity index is 1.93. The van der Waals surface area contributed by atoms with E-state index in [-0.39, 0.29) is 44.9 Å². The fourth-order valence-electron chi connectivity index (χ4n) is 5.42. The first-order chi connectivity index (χ1) is 25.1. The van der Waals surface area contributed by atoms with E-state index in [1.54, 1.807) is 65.8 Å². The first-order valence-corrected chi connectivity index (χ1v) is 16.8. The molecule has 0 atom stereocenters. The fraction of sp³-hybridized carbons (Fsp3) is 0.417. The molecule has 0 bridgehead atoms. The van der Waals surface area contributed by atoms with E-state index in [1.807, 2.05) is 0 Å². The van der Waals surface area contributed by atoms with Crippen molar-refractivity contribution in [3.05, 3.63) is 160 Å². The van der Waals surface area contributed by atoms with Gasteiger partial charge in [-0.05, 0) is 41.5 Å². The predicted molar refractivity (Wildman–Crippen MR) is 205 cm³/mol. The van der Waals surface area contributed by atoms with Crippen LogP contribution in [0.5, 0.6) is 0 Å². The summed E-state index contributed by atoms with van der Waals surface area (Å²) in [6.07, 6.45) is 6.60. The second-order valence-corrected chi connectivity index (χ2v) is 13.7. The number of nitrogens with zero attached hydrogens (tertiary/aromatic N) is 9. The van der Waals surface area contributed by atoms with Gasteiger partial charge in [0.05, 0.1) is 39.3 Å². The number of nitrogens with one attached hydrogen (secondary N) is 1. The Morgan fingerprint density at radius 1 is 0.407 bits per heavy atom. The maximum Gasteiger partial charge on any atom is 0.336 e. The first kappa shape index (κ1) is 42.1. The summed E-state index contributed by atoms with van der Waals surface area (Å²) < 4.78 is 8.60. The van der Waals surface area contributed by atoms with E-state index in [1.165, 1.54) is 21.1 Å². The SMILES string of the molecule is C=C(C)Cn1c(=O)n(CC(=C)C)c(=O)n(C/C(C)=C/C=C(\C)Cn2c(=N)n(C)c(=O)n(C/C(C)=C/C=C(\C)Cn3c(=O)n(C)c(=O)n(C)c3=O)c2=O)c1=O. The molecule has 0 aliphatic rings. The average Bonchev–Trinajstić information content (AvgIpc) is 3.11. The molecule has 0 radical (unpaired) electrons. The highest BCUT2D eigenvalue weighted by Gasteiger charge is 2.17. The maximum absolute atomic E-state index is 13.6. The second-order valence-electron chi connectivity index (χ2n) is 13.7. The zero-order chi connectivity index (χ0) is 40.9. The molecule has 3 rings (SSSR count). The molecule has 18 nitrogen and oxygen atoms in total. The molecular weight excluding hydrogens is 700 g/mol. The van der Waals surface area contributed by atoms with Crippen LogP contribution in [0.3, 0.4) is 0 Å². The van der Waals surface area contributed by atoms with Gasteiger partial charge in [-0.1, -0.05) is 70.9 Å². The third-order valence-electron chi connectivity index (χ3n) is 8.34. The summed E-state index contributed by atoms with van der Waals surface area (Å²) in [6, 6.07) is 0. The molecule has 54 heavy (non-hydrogen) atoms. The van der Waals surface area contributed by atoms with Crippen molar-refractivity contribution in [1.82, 2.24) is 41.1 Å². The molecule has 3 heterocycles. The van der Waals surface area contributed by atoms with Crippen LogP contribution in [0, 0.1) is 5.41 Å². The van der Waals surface area contributed by atoms with Crippen molar-refractivity contribution >= 4 is 0 Å². The number of hydrogen-bond acceptors (Lipinski definition) is 9. The van der Waals surface area contributed by atoms with Gasteiger partial charge in [0.2, 0.25) is 5.62 Å². The molecule has 0 saturated carbocycles. The molecule has 0 aliphatic heterocycles. The lowest BCUT2D eigenvalue weighted by Crippen LogP contribution is -2.54. The summed E-state index contributed by atoms with van der Waals surface area (Å²) in [4.78, 5) is 103. The van der Waals surface area contributed by atoms with Crippen LogP contribution in [0.2, 0.25) is 0 Å². The molecule has 0 fully saturated rings. The van der Waals surface area contributed by atoms with Gasteiger partial charge >= 0.3 is 45.5 Å². The Labute approximate surface area is 308 Å². The van der Waals surface area contributed by atoms with Crippen LogP contribution >= 0.6 is 0 Å². The van der Waals surface area contributed by atoms with Crippen LogP contribution in [0.4, 0.5) is 0 Å². The lowest BCUT2D eigenvalue weighted by atomic mass is 10.2. The van der Waals surface area contributed by atoms with Gasteiger partial charge in [0, 0.05) is 21.1 Å². The summed E-state index contributed by atoms with van der Waals surface area (Å²) in [5, 5.41) is 8.49. The molecule has 290 valence electrons. The zero-order valence-electron chi connectivity index (χ0n) is 32.3. The Hall–Kier alpha value is -6.33. The van der Waals surface area contributed by atoms with Crippen LogP contribution in [0.1, 0.15) is 41.5 Å². The van der Waals surface area contributed by atoms with Crippen molar-refractivity contribution < 1.29 is 0 Å². The molecule has 0 aromatic carbocycles. The topological polar surface area (TPSA) is 205 Å². The molecule has 3 aromatic rings. The Morgan fingerprint density at radius 3 is 0.981 bits per heavy atom. The van der Waals surface area contributed by atoms with Gasteiger partial charge in [0.1, 0.15) is 0 Å².